The summed E-state index contributed by atoms with van der Waals surface area (Å²) >= 11 is 3.18. The van der Waals surface area contributed by atoms with E-state index in [1.54, 1.807) is 10.7 Å². The molecule has 1 aromatic heterocycles. The molecule has 1 heterocycles. The molecule has 1 N–H and O–H groups in total. The highest BCUT2D eigenvalue weighted by atomic mass is 79.9. The number of carbonyl (C=O) groups is 1. The van der Waals surface area contributed by atoms with Gasteiger partial charge in [0.1, 0.15) is 12.4 Å². The first kappa shape index (κ1) is 14.3. The third kappa shape index (κ3) is 3.32. The third-order valence-electron chi connectivity index (χ3n) is 3.55. The van der Waals surface area contributed by atoms with Gasteiger partial charge in [0.05, 0.1) is 11.4 Å². The fraction of sp³-hybridized carbons (Fsp3) is 0.333. The highest BCUT2D eigenvalue weighted by molar-refractivity contribution is 9.10. The minimum atomic E-state index is -0.461. The fourth-order valence-corrected chi connectivity index (χ4v) is 2.87. The highest BCUT2D eigenvalue weighted by Crippen LogP contribution is 2.20. The molecule has 1 aliphatic carbocycles. The molecule has 0 saturated heterocycles. The molecule has 110 valence electrons. The zero-order chi connectivity index (χ0) is 14.8. The first-order valence-corrected chi connectivity index (χ1v) is 7.71. The van der Waals surface area contributed by atoms with Crippen LogP contribution in [-0.4, -0.2) is 15.7 Å². The minimum absolute atomic E-state index is 0.0997. The highest BCUT2D eigenvalue weighted by Gasteiger charge is 2.15. The van der Waals surface area contributed by atoms with E-state index in [2.05, 4.69) is 26.3 Å². The van der Waals surface area contributed by atoms with Crippen molar-refractivity contribution in [3.8, 4) is 0 Å². The van der Waals surface area contributed by atoms with Crippen molar-refractivity contribution in [3.63, 3.8) is 0 Å². The van der Waals surface area contributed by atoms with Gasteiger partial charge < -0.3 is 5.32 Å². The summed E-state index contributed by atoms with van der Waals surface area (Å²) in [5.74, 6) is -0.742. The molecule has 0 bridgehead atoms. The van der Waals surface area contributed by atoms with Crippen molar-refractivity contribution in [1.29, 1.82) is 0 Å². The number of halogens is 2. The lowest BCUT2D eigenvalue weighted by molar-refractivity contribution is -0.116. The molecule has 0 radical (unpaired) electrons. The second-order valence-electron chi connectivity index (χ2n) is 5.18. The topological polar surface area (TPSA) is 46.9 Å². The van der Waals surface area contributed by atoms with E-state index in [9.17, 15) is 9.18 Å². The van der Waals surface area contributed by atoms with Crippen LogP contribution in [0.5, 0.6) is 0 Å². The smallest absolute Gasteiger partial charge is 0.246 e. The number of fused-ring (bicyclic) bond motifs is 1. The normalized spacial score (nSPS) is 13.8. The van der Waals surface area contributed by atoms with E-state index in [-0.39, 0.29) is 18.1 Å². The van der Waals surface area contributed by atoms with Crippen molar-refractivity contribution in [3.05, 3.63) is 45.9 Å². The Bertz CT molecular complexity index is 660. The molecular weight excluding hydrogens is 337 g/mol. The number of hydrogen-bond donors (Lipinski definition) is 1. The van der Waals surface area contributed by atoms with Crippen LogP contribution in [0.3, 0.4) is 0 Å². The predicted molar refractivity (Wildman–Crippen MR) is 81.6 cm³/mol. The maximum absolute atomic E-state index is 13.7. The lowest BCUT2D eigenvalue weighted by Gasteiger charge is -2.07. The van der Waals surface area contributed by atoms with Crippen LogP contribution in [-0.2, 0) is 24.2 Å². The van der Waals surface area contributed by atoms with E-state index in [0.717, 1.165) is 25.0 Å². The van der Waals surface area contributed by atoms with Gasteiger partial charge in [0.2, 0.25) is 5.91 Å². The Kier molecular flexibility index (Phi) is 4.05. The van der Waals surface area contributed by atoms with Crippen molar-refractivity contribution in [1.82, 2.24) is 9.78 Å². The Hall–Kier alpha value is -1.69. The Balaban J connectivity index is 1.67. The Morgan fingerprint density at radius 2 is 2.19 bits per heavy atom. The van der Waals surface area contributed by atoms with Crippen molar-refractivity contribution in [2.45, 2.75) is 32.2 Å². The van der Waals surface area contributed by atoms with Gasteiger partial charge in [0.15, 0.2) is 0 Å². The molecular formula is C15H15BrFN3O. The van der Waals surface area contributed by atoms with Gasteiger partial charge >= 0.3 is 0 Å². The number of nitrogens with one attached hydrogen (secondary N) is 1. The molecule has 0 atom stereocenters. The van der Waals surface area contributed by atoms with Crippen LogP contribution < -0.4 is 5.32 Å². The van der Waals surface area contributed by atoms with E-state index in [4.69, 9.17) is 0 Å². The van der Waals surface area contributed by atoms with Crippen LogP contribution in [0.15, 0.2) is 28.9 Å². The zero-order valence-corrected chi connectivity index (χ0v) is 13.0. The van der Waals surface area contributed by atoms with Crippen molar-refractivity contribution >= 4 is 27.5 Å². The summed E-state index contributed by atoms with van der Waals surface area (Å²) in [6.45, 7) is 0.0997. The van der Waals surface area contributed by atoms with Gasteiger partial charge in [-0.05, 0) is 49.4 Å². The van der Waals surface area contributed by atoms with Gasteiger partial charge in [0.25, 0.3) is 0 Å². The first-order chi connectivity index (χ1) is 10.1. The number of aryl methyl sites for hydroxylation is 2. The number of anilines is 1. The molecule has 1 amide bonds. The van der Waals surface area contributed by atoms with Gasteiger partial charge in [-0.25, -0.2) is 4.39 Å². The lowest BCUT2D eigenvalue weighted by Crippen LogP contribution is -2.19. The molecule has 0 saturated carbocycles. The summed E-state index contributed by atoms with van der Waals surface area (Å²) in [6.07, 6.45) is 6.25. The predicted octanol–water partition coefficient (Wildman–Crippen LogP) is 3.30. The number of hydrogen-bond acceptors (Lipinski definition) is 2. The summed E-state index contributed by atoms with van der Waals surface area (Å²) < 4.78 is 15.9. The Labute approximate surface area is 130 Å². The van der Waals surface area contributed by atoms with E-state index in [1.807, 2.05) is 6.20 Å². The standard InChI is InChI=1S/C15H15BrFN3O/c16-11-5-6-14(12(17)7-11)18-15(21)9-20-8-10-3-1-2-4-13(10)19-20/h5-8H,1-4,9H2,(H,18,21). The van der Waals surface area contributed by atoms with Crippen LogP contribution in [0.4, 0.5) is 10.1 Å². The van der Waals surface area contributed by atoms with Crippen molar-refractivity contribution in [2.75, 3.05) is 5.32 Å². The van der Waals surface area contributed by atoms with E-state index in [0.29, 0.717) is 4.47 Å². The summed E-state index contributed by atoms with van der Waals surface area (Å²) in [7, 11) is 0. The molecule has 0 spiro atoms. The van der Waals surface area contributed by atoms with Crippen LogP contribution >= 0.6 is 15.9 Å². The molecule has 1 aromatic carbocycles. The maximum Gasteiger partial charge on any atom is 0.246 e. The largest absolute Gasteiger partial charge is 0.322 e. The van der Waals surface area contributed by atoms with Crippen molar-refractivity contribution < 1.29 is 9.18 Å². The van der Waals surface area contributed by atoms with E-state index >= 15 is 0 Å². The number of aromatic nitrogens is 2. The van der Waals surface area contributed by atoms with E-state index in [1.165, 1.54) is 24.1 Å². The van der Waals surface area contributed by atoms with E-state index < -0.39 is 5.82 Å². The first-order valence-electron chi connectivity index (χ1n) is 6.92. The Morgan fingerprint density at radius 1 is 1.38 bits per heavy atom. The Morgan fingerprint density at radius 3 is 2.95 bits per heavy atom. The van der Waals surface area contributed by atoms with Gasteiger partial charge in [-0.3, -0.25) is 9.48 Å². The second-order valence-corrected chi connectivity index (χ2v) is 6.09. The summed E-state index contributed by atoms with van der Waals surface area (Å²) in [5, 5.41) is 6.99. The molecule has 0 fully saturated rings. The van der Waals surface area contributed by atoms with Crippen LogP contribution in [0, 0.1) is 5.82 Å². The maximum atomic E-state index is 13.7. The van der Waals surface area contributed by atoms with Gasteiger partial charge in [-0.1, -0.05) is 15.9 Å². The van der Waals surface area contributed by atoms with Crippen molar-refractivity contribution in [2.24, 2.45) is 0 Å². The quantitative estimate of drug-likeness (QED) is 0.921. The summed E-state index contributed by atoms with van der Waals surface area (Å²) in [4.78, 5) is 12.0. The average molecular weight is 352 g/mol. The molecule has 6 heteroatoms. The monoisotopic (exact) mass is 351 g/mol. The lowest BCUT2D eigenvalue weighted by atomic mass is 9.99. The minimum Gasteiger partial charge on any atom is -0.322 e. The second kappa shape index (κ2) is 5.97. The molecule has 1 aliphatic rings. The molecule has 2 aromatic rings. The van der Waals surface area contributed by atoms with Crippen LogP contribution in [0.2, 0.25) is 0 Å². The molecule has 3 rings (SSSR count). The number of benzene rings is 1. The number of amides is 1. The summed E-state index contributed by atoms with van der Waals surface area (Å²) in [6, 6.07) is 4.54. The third-order valence-corrected chi connectivity index (χ3v) is 4.04. The van der Waals surface area contributed by atoms with Gasteiger partial charge in [-0.2, -0.15) is 5.10 Å². The number of nitrogens with zero attached hydrogens (tertiary/aromatic N) is 2. The molecule has 4 nitrogen and oxygen atoms in total. The number of carbonyl (C=O) groups excluding carboxylic acids is 1. The van der Waals surface area contributed by atoms with Crippen LogP contribution in [0.25, 0.3) is 0 Å². The van der Waals surface area contributed by atoms with Gasteiger partial charge in [-0.15, -0.1) is 0 Å². The molecule has 0 aliphatic heterocycles. The SMILES string of the molecule is O=C(Cn1cc2c(n1)CCCC2)Nc1ccc(Br)cc1F. The average Bonchev–Trinajstić information content (AvgIpc) is 2.84. The fourth-order valence-electron chi connectivity index (χ4n) is 2.54. The number of rotatable bonds is 3. The molecule has 21 heavy (non-hydrogen) atoms. The summed E-state index contributed by atoms with van der Waals surface area (Å²) in [5.41, 5.74) is 2.49. The molecule has 0 unspecified atom stereocenters. The van der Waals surface area contributed by atoms with Gasteiger partial charge in [0, 0.05) is 10.7 Å². The zero-order valence-electron chi connectivity index (χ0n) is 11.4. The van der Waals surface area contributed by atoms with Crippen LogP contribution in [0.1, 0.15) is 24.1 Å².